The summed E-state index contributed by atoms with van der Waals surface area (Å²) < 4.78 is 0. The monoisotopic (exact) mass is 208 g/mol. The van der Waals surface area contributed by atoms with Crippen molar-refractivity contribution in [1.29, 1.82) is 0 Å². The van der Waals surface area contributed by atoms with Gasteiger partial charge in [0, 0.05) is 0 Å². The van der Waals surface area contributed by atoms with Crippen molar-refractivity contribution in [3.8, 4) is 0 Å². The third-order valence-electron chi connectivity index (χ3n) is 2.77. The van der Waals surface area contributed by atoms with Crippen LogP contribution < -0.4 is 0 Å². The van der Waals surface area contributed by atoms with Crippen LogP contribution >= 0.6 is 0 Å². The summed E-state index contributed by atoms with van der Waals surface area (Å²) in [5.74, 6) is 0.853. The fourth-order valence-electron chi connectivity index (χ4n) is 1.67. The molecule has 88 valence electrons. The molecule has 1 atom stereocenters. The zero-order chi connectivity index (χ0) is 11.4. The molecule has 0 fully saturated rings. The smallest absolute Gasteiger partial charge is 0.0325 e. The summed E-state index contributed by atoms with van der Waals surface area (Å²) in [5, 5.41) is 0. The van der Waals surface area contributed by atoms with E-state index in [-0.39, 0.29) is 0 Å². The minimum Gasteiger partial charge on any atom is -0.0885 e. The quantitative estimate of drug-likeness (QED) is 0.335. The van der Waals surface area contributed by atoms with Gasteiger partial charge in [-0.15, -0.1) is 0 Å². The lowest BCUT2D eigenvalue weighted by Crippen LogP contribution is -1.92. The van der Waals surface area contributed by atoms with Gasteiger partial charge >= 0.3 is 0 Å². The maximum absolute atomic E-state index is 3.86. The molecular weight excluding hydrogens is 180 g/mol. The van der Waals surface area contributed by atoms with Gasteiger partial charge in [0.1, 0.15) is 0 Å². The third-order valence-corrected chi connectivity index (χ3v) is 2.77. The Balaban J connectivity index is 3.24. The molecule has 15 heavy (non-hydrogen) atoms. The van der Waals surface area contributed by atoms with Crippen LogP contribution in [0.4, 0.5) is 0 Å². The molecule has 0 nitrogen and oxygen atoms in total. The van der Waals surface area contributed by atoms with E-state index in [4.69, 9.17) is 0 Å². The predicted molar refractivity (Wildman–Crippen MR) is 70.6 cm³/mol. The van der Waals surface area contributed by atoms with Crippen molar-refractivity contribution >= 4 is 0 Å². The van der Waals surface area contributed by atoms with Crippen molar-refractivity contribution in [3.05, 3.63) is 26.0 Å². The van der Waals surface area contributed by atoms with E-state index in [1.54, 1.807) is 0 Å². The second-order valence-corrected chi connectivity index (χ2v) is 4.51. The molecule has 0 heterocycles. The summed E-state index contributed by atoms with van der Waals surface area (Å²) in [6, 6.07) is 0. The summed E-state index contributed by atoms with van der Waals surface area (Å²) in [7, 11) is 0. The second-order valence-electron chi connectivity index (χ2n) is 4.51. The van der Waals surface area contributed by atoms with E-state index in [9.17, 15) is 0 Å². The molecule has 0 aromatic carbocycles. The van der Waals surface area contributed by atoms with Crippen LogP contribution in [0.25, 0.3) is 0 Å². The second kappa shape index (κ2) is 11.8. The Morgan fingerprint density at radius 2 is 1.67 bits per heavy atom. The van der Waals surface area contributed by atoms with Gasteiger partial charge < -0.3 is 0 Å². The maximum Gasteiger partial charge on any atom is -0.0325 e. The number of hydrogen-bond donors (Lipinski definition) is 0. The number of rotatable bonds is 10. The van der Waals surface area contributed by atoms with Crippen LogP contribution in [0.15, 0.2) is 12.2 Å². The van der Waals surface area contributed by atoms with Crippen molar-refractivity contribution < 1.29 is 0 Å². The summed E-state index contributed by atoms with van der Waals surface area (Å²) in [4.78, 5) is 0. The van der Waals surface area contributed by atoms with Crippen molar-refractivity contribution in [2.45, 2.75) is 64.7 Å². The van der Waals surface area contributed by atoms with Crippen molar-refractivity contribution in [3.63, 3.8) is 0 Å². The highest BCUT2D eigenvalue weighted by Crippen LogP contribution is 2.14. The molecule has 0 amide bonds. The average Bonchev–Trinajstić information content (AvgIpc) is 2.24. The predicted octanol–water partition coefficient (Wildman–Crippen LogP) is 5.36. The highest BCUT2D eigenvalue weighted by atomic mass is 14.0. The Labute approximate surface area is 97.2 Å². The Hall–Kier alpha value is -0.260. The van der Waals surface area contributed by atoms with Gasteiger partial charge in [-0.05, 0) is 25.2 Å². The molecule has 0 aromatic heterocycles. The van der Waals surface area contributed by atoms with E-state index in [0.717, 1.165) is 18.8 Å². The Kier molecular flexibility index (Phi) is 11.6. The van der Waals surface area contributed by atoms with Gasteiger partial charge in [-0.2, -0.15) is 0 Å². The largest absolute Gasteiger partial charge is 0.0885 e. The van der Waals surface area contributed by atoms with Gasteiger partial charge in [-0.1, -0.05) is 71.4 Å². The first-order chi connectivity index (χ1) is 7.31. The maximum atomic E-state index is 3.86. The Morgan fingerprint density at radius 1 is 0.933 bits per heavy atom. The molecule has 1 unspecified atom stereocenters. The SMILES string of the molecule is [CH2]CCC/C=C/CC(C)CCCCC[CH2]. The van der Waals surface area contributed by atoms with E-state index in [2.05, 4.69) is 32.9 Å². The van der Waals surface area contributed by atoms with Gasteiger partial charge in [0.15, 0.2) is 0 Å². The molecule has 0 saturated heterocycles. The standard InChI is InChI=1S/C15H28/c1-4-6-8-10-12-14-15(3)13-11-9-7-5-2/h10,12,15H,1-2,4-9,11,13-14H2,3H3/b12-10+. The molecule has 0 aliphatic carbocycles. The summed E-state index contributed by atoms with van der Waals surface area (Å²) in [6.07, 6.45) is 15.9. The minimum atomic E-state index is 0.853. The van der Waals surface area contributed by atoms with Crippen LogP contribution in [0, 0.1) is 19.8 Å². The third kappa shape index (κ3) is 11.7. The van der Waals surface area contributed by atoms with Crippen LogP contribution in [0.5, 0.6) is 0 Å². The molecule has 0 aliphatic rings. The average molecular weight is 208 g/mol. The van der Waals surface area contributed by atoms with Crippen LogP contribution in [-0.4, -0.2) is 0 Å². The van der Waals surface area contributed by atoms with E-state index < -0.39 is 0 Å². The molecular formula is C15H28. The molecule has 0 spiro atoms. The van der Waals surface area contributed by atoms with Crippen LogP contribution in [0.3, 0.4) is 0 Å². The molecule has 2 radical (unpaired) electrons. The van der Waals surface area contributed by atoms with Crippen LogP contribution in [0.2, 0.25) is 0 Å². The molecule has 0 heteroatoms. The fraction of sp³-hybridized carbons (Fsp3) is 0.733. The van der Waals surface area contributed by atoms with Gasteiger partial charge in [0.25, 0.3) is 0 Å². The Bertz CT molecular complexity index is 135. The number of hydrogen-bond acceptors (Lipinski definition) is 0. The van der Waals surface area contributed by atoms with Gasteiger partial charge in [-0.25, -0.2) is 0 Å². The molecule has 0 bridgehead atoms. The zero-order valence-corrected chi connectivity index (χ0v) is 10.5. The van der Waals surface area contributed by atoms with Gasteiger partial charge in [0.2, 0.25) is 0 Å². The van der Waals surface area contributed by atoms with Crippen LogP contribution in [-0.2, 0) is 0 Å². The lowest BCUT2D eigenvalue weighted by atomic mass is 9.99. The summed E-state index contributed by atoms with van der Waals surface area (Å²) in [5.41, 5.74) is 0. The normalized spacial score (nSPS) is 13.5. The highest BCUT2D eigenvalue weighted by molar-refractivity contribution is 4.83. The van der Waals surface area contributed by atoms with Gasteiger partial charge in [0.05, 0.1) is 0 Å². The first kappa shape index (κ1) is 14.7. The van der Waals surface area contributed by atoms with E-state index in [1.165, 1.54) is 44.9 Å². The minimum absolute atomic E-state index is 0.853. The van der Waals surface area contributed by atoms with E-state index in [1.807, 2.05) is 0 Å². The molecule has 0 saturated carbocycles. The molecule has 0 N–H and O–H groups in total. The fourth-order valence-corrected chi connectivity index (χ4v) is 1.67. The van der Waals surface area contributed by atoms with E-state index in [0.29, 0.717) is 0 Å². The van der Waals surface area contributed by atoms with Crippen molar-refractivity contribution in [2.24, 2.45) is 5.92 Å². The topological polar surface area (TPSA) is 0 Å². The number of allylic oxidation sites excluding steroid dienone is 2. The Morgan fingerprint density at radius 3 is 2.33 bits per heavy atom. The summed E-state index contributed by atoms with van der Waals surface area (Å²) in [6.45, 7) is 10.1. The molecule has 0 aliphatic heterocycles. The first-order valence-corrected chi connectivity index (χ1v) is 6.54. The lowest BCUT2D eigenvalue weighted by molar-refractivity contribution is 0.496. The first-order valence-electron chi connectivity index (χ1n) is 6.54. The van der Waals surface area contributed by atoms with Gasteiger partial charge in [-0.3, -0.25) is 0 Å². The van der Waals surface area contributed by atoms with E-state index >= 15 is 0 Å². The summed E-state index contributed by atoms with van der Waals surface area (Å²) >= 11 is 0. The van der Waals surface area contributed by atoms with Crippen molar-refractivity contribution in [1.82, 2.24) is 0 Å². The molecule has 0 rings (SSSR count). The lowest BCUT2D eigenvalue weighted by Gasteiger charge is -2.07. The number of unbranched alkanes of at least 4 members (excludes halogenated alkanes) is 5. The highest BCUT2D eigenvalue weighted by Gasteiger charge is 1.98. The van der Waals surface area contributed by atoms with Crippen LogP contribution in [0.1, 0.15) is 64.7 Å². The zero-order valence-electron chi connectivity index (χ0n) is 10.5. The molecule has 0 aromatic rings. The van der Waals surface area contributed by atoms with Crippen molar-refractivity contribution in [2.75, 3.05) is 0 Å².